The van der Waals surface area contributed by atoms with E-state index in [4.69, 9.17) is 18.9 Å². The summed E-state index contributed by atoms with van der Waals surface area (Å²) in [4.78, 5) is 24.9. The lowest BCUT2D eigenvalue weighted by atomic mass is 9.87. The summed E-state index contributed by atoms with van der Waals surface area (Å²) >= 11 is 0. The largest absolute Gasteiger partial charge is 0.493 e. The van der Waals surface area contributed by atoms with Crippen LogP contribution in [0.15, 0.2) is 60.7 Å². The molecule has 0 radical (unpaired) electrons. The van der Waals surface area contributed by atoms with E-state index in [1.54, 1.807) is 0 Å². The molecule has 8 nitrogen and oxygen atoms in total. The topological polar surface area (TPSA) is 95.1 Å². The van der Waals surface area contributed by atoms with Gasteiger partial charge in [0.1, 0.15) is 22.7 Å². The fourth-order valence-electron chi connectivity index (χ4n) is 6.53. The second kappa shape index (κ2) is 15.3. The molecule has 3 aromatic carbocycles. The zero-order chi connectivity index (χ0) is 34.3. The molecule has 0 heterocycles. The van der Waals surface area contributed by atoms with Gasteiger partial charge in [-0.3, -0.25) is 0 Å². The molecule has 258 valence electrons. The Labute approximate surface area is 285 Å². The van der Waals surface area contributed by atoms with E-state index in [0.29, 0.717) is 13.2 Å². The third kappa shape index (κ3) is 9.91. The Kier molecular flexibility index (Phi) is 11.2. The molecule has 0 saturated heterocycles. The lowest BCUT2D eigenvalue weighted by Crippen LogP contribution is -2.36. The molecule has 0 bridgehead atoms. The quantitative estimate of drug-likeness (QED) is 0.227. The summed E-state index contributed by atoms with van der Waals surface area (Å²) in [7, 11) is 0. The molecule has 0 aromatic heterocycles. The molecule has 3 aromatic rings. The van der Waals surface area contributed by atoms with Crippen LogP contribution >= 0.6 is 0 Å². The van der Waals surface area contributed by atoms with Gasteiger partial charge in [-0.05, 0) is 126 Å². The van der Waals surface area contributed by atoms with Crippen molar-refractivity contribution in [2.45, 2.75) is 116 Å². The summed E-state index contributed by atoms with van der Waals surface area (Å²) < 4.78 is 23.6. The minimum atomic E-state index is -0.532. The van der Waals surface area contributed by atoms with Gasteiger partial charge in [-0.2, -0.15) is 0 Å². The molecule has 5 rings (SSSR count). The van der Waals surface area contributed by atoms with Gasteiger partial charge in [0, 0.05) is 12.8 Å². The van der Waals surface area contributed by atoms with Crippen LogP contribution in [0.4, 0.5) is 9.59 Å². The van der Waals surface area contributed by atoms with E-state index in [9.17, 15) is 9.59 Å². The molecule has 0 spiro atoms. The maximum absolute atomic E-state index is 12.4. The van der Waals surface area contributed by atoms with Crippen molar-refractivity contribution in [1.82, 2.24) is 10.6 Å². The van der Waals surface area contributed by atoms with E-state index < -0.39 is 11.2 Å². The van der Waals surface area contributed by atoms with E-state index in [-0.39, 0.29) is 24.3 Å². The molecule has 2 aliphatic rings. The average molecular weight is 657 g/mol. The summed E-state index contributed by atoms with van der Waals surface area (Å²) in [6, 6.07) is 20.7. The number of fused-ring (bicyclic) bond motifs is 2. The first-order valence-corrected chi connectivity index (χ1v) is 17.4. The van der Waals surface area contributed by atoms with Gasteiger partial charge in [0.2, 0.25) is 0 Å². The molecule has 0 fully saturated rings. The van der Waals surface area contributed by atoms with E-state index >= 15 is 0 Å². The first-order valence-electron chi connectivity index (χ1n) is 17.4. The Morgan fingerprint density at radius 1 is 0.625 bits per heavy atom. The lowest BCUT2D eigenvalue weighted by molar-refractivity contribution is 0.0486. The van der Waals surface area contributed by atoms with Gasteiger partial charge in [0.15, 0.2) is 0 Å². The Balaban J connectivity index is 1.10. The van der Waals surface area contributed by atoms with Crippen molar-refractivity contribution in [1.29, 1.82) is 0 Å². The fraction of sp³-hybridized carbons (Fsp3) is 0.500. The number of carbonyl (C=O) groups is 2. The van der Waals surface area contributed by atoms with Gasteiger partial charge in [-0.15, -0.1) is 0 Å². The zero-order valence-corrected chi connectivity index (χ0v) is 29.4. The van der Waals surface area contributed by atoms with E-state index in [2.05, 4.69) is 47.0 Å². The normalized spacial score (nSPS) is 17.4. The highest BCUT2D eigenvalue weighted by molar-refractivity contribution is 5.69. The minimum absolute atomic E-state index is 0.0749. The maximum atomic E-state index is 12.4. The molecule has 2 aliphatic carbocycles. The monoisotopic (exact) mass is 656 g/mol. The molecule has 2 N–H and O–H groups in total. The Hall–Kier alpha value is -4.20. The highest BCUT2D eigenvalue weighted by Gasteiger charge is 2.28. The van der Waals surface area contributed by atoms with Crippen LogP contribution in [0.3, 0.4) is 0 Å². The van der Waals surface area contributed by atoms with Gasteiger partial charge in [-0.25, -0.2) is 9.59 Å². The predicted molar refractivity (Wildman–Crippen MR) is 188 cm³/mol. The van der Waals surface area contributed by atoms with E-state index in [0.717, 1.165) is 74.0 Å². The number of rotatable bonds is 10. The van der Waals surface area contributed by atoms with Crippen molar-refractivity contribution in [3.63, 3.8) is 0 Å². The van der Waals surface area contributed by atoms with Gasteiger partial charge in [0.05, 0.1) is 25.3 Å². The SMILES string of the molecule is CC(C)(C)OC(=O)N[C@@H]1CCCc2c(OCCc3ccc(CCOc4cccc5c4CCC[C@H]5NC(=O)OC(C)(C)C)cc3)cccc21. The Morgan fingerprint density at radius 2 is 1.02 bits per heavy atom. The van der Waals surface area contributed by atoms with Crippen LogP contribution in [0.5, 0.6) is 11.5 Å². The number of ether oxygens (including phenoxy) is 4. The zero-order valence-electron chi connectivity index (χ0n) is 29.4. The fourth-order valence-corrected chi connectivity index (χ4v) is 6.53. The molecule has 0 unspecified atom stereocenters. The highest BCUT2D eigenvalue weighted by Crippen LogP contribution is 2.37. The number of alkyl carbamates (subject to hydrolysis) is 2. The van der Waals surface area contributed by atoms with Crippen molar-refractivity contribution >= 4 is 12.2 Å². The molecule has 8 heteroatoms. The summed E-state index contributed by atoms with van der Waals surface area (Å²) in [5.74, 6) is 1.79. The highest BCUT2D eigenvalue weighted by atomic mass is 16.6. The first kappa shape index (κ1) is 35.1. The van der Waals surface area contributed by atoms with Gasteiger partial charge < -0.3 is 29.6 Å². The van der Waals surface area contributed by atoms with Crippen molar-refractivity contribution in [2.75, 3.05) is 13.2 Å². The van der Waals surface area contributed by atoms with Crippen LogP contribution in [0.25, 0.3) is 0 Å². The van der Waals surface area contributed by atoms with Crippen molar-refractivity contribution in [3.8, 4) is 11.5 Å². The molecule has 0 saturated carbocycles. The first-order chi connectivity index (χ1) is 22.8. The molecule has 2 atom stereocenters. The number of carbonyl (C=O) groups excluding carboxylic acids is 2. The van der Waals surface area contributed by atoms with Crippen LogP contribution in [0.2, 0.25) is 0 Å². The van der Waals surface area contributed by atoms with Crippen LogP contribution in [0.1, 0.15) is 113 Å². The van der Waals surface area contributed by atoms with Gasteiger partial charge >= 0.3 is 12.2 Å². The summed E-state index contributed by atoms with van der Waals surface area (Å²) in [5.41, 5.74) is 5.95. The lowest BCUT2D eigenvalue weighted by Gasteiger charge is -2.29. The minimum Gasteiger partial charge on any atom is -0.493 e. The van der Waals surface area contributed by atoms with Crippen molar-refractivity contribution in [3.05, 3.63) is 94.0 Å². The number of benzene rings is 3. The Bertz CT molecular complexity index is 1440. The second-order valence-electron chi connectivity index (χ2n) is 14.8. The molecular formula is C40H52N2O6. The predicted octanol–water partition coefficient (Wildman–Crippen LogP) is 8.73. The summed E-state index contributed by atoms with van der Waals surface area (Å²) in [6.07, 6.45) is 6.43. The van der Waals surface area contributed by atoms with E-state index in [1.165, 1.54) is 22.3 Å². The number of hydrogen-bond acceptors (Lipinski definition) is 6. The van der Waals surface area contributed by atoms with Gasteiger partial charge in [0.25, 0.3) is 0 Å². The van der Waals surface area contributed by atoms with Crippen molar-refractivity contribution < 1.29 is 28.5 Å². The molecule has 0 aliphatic heterocycles. The number of hydrogen-bond donors (Lipinski definition) is 2. The second-order valence-corrected chi connectivity index (χ2v) is 14.8. The third-order valence-corrected chi connectivity index (χ3v) is 8.63. The number of nitrogens with one attached hydrogen (secondary N) is 2. The molecule has 2 amide bonds. The average Bonchev–Trinajstić information content (AvgIpc) is 3.01. The standard InChI is InChI=1S/C40H52N2O6/c1-39(2,3)47-37(43)41-33-15-7-13-31-29(33)11-9-17-35(31)45-25-23-27-19-21-28(22-20-27)24-26-46-36-18-10-12-30-32(36)14-8-16-34(30)42-38(44)48-40(4,5)6/h9-12,17-22,33-34H,7-8,13-16,23-26H2,1-6H3,(H,41,43)(H,42,44)/t33-,34-/m1/s1. The van der Waals surface area contributed by atoms with Crippen LogP contribution in [-0.2, 0) is 35.2 Å². The maximum Gasteiger partial charge on any atom is 0.408 e. The van der Waals surface area contributed by atoms with Crippen LogP contribution < -0.4 is 20.1 Å². The van der Waals surface area contributed by atoms with Crippen LogP contribution in [-0.4, -0.2) is 36.6 Å². The van der Waals surface area contributed by atoms with Gasteiger partial charge in [-0.1, -0.05) is 48.5 Å². The molecule has 48 heavy (non-hydrogen) atoms. The van der Waals surface area contributed by atoms with Crippen LogP contribution in [0, 0.1) is 0 Å². The molecular weight excluding hydrogens is 604 g/mol. The van der Waals surface area contributed by atoms with Crippen molar-refractivity contribution in [2.24, 2.45) is 0 Å². The summed E-state index contributed by atoms with van der Waals surface area (Å²) in [6.45, 7) is 12.4. The third-order valence-electron chi connectivity index (χ3n) is 8.63. The smallest absolute Gasteiger partial charge is 0.408 e. The summed E-state index contributed by atoms with van der Waals surface area (Å²) in [5, 5.41) is 6.11. The Morgan fingerprint density at radius 3 is 1.40 bits per heavy atom. The van der Waals surface area contributed by atoms with E-state index in [1.807, 2.05) is 65.8 Å². The number of amides is 2.